The van der Waals surface area contributed by atoms with Gasteiger partial charge in [-0.15, -0.1) is 0 Å². The normalized spacial score (nSPS) is 33.3. The lowest BCUT2D eigenvalue weighted by Crippen LogP contribution is -2.68. The van der Waals surface area contributed by atoms with E-state index in [1.807, 2.05) is 30.9 Å². The first-order chi connectivity index (χ1) is 6.97. The Hall–Kier alpha value is -0.610. The molecule has 0 amide bonds. The van der Waals surface area contributed by atoms with E-state index in [1.165, 1.54) is 0 Å². The molecule has 4 nitrogen and oxygen atoms in total. The third-order valence-corrected chi connectivity index (χ3v) is 3.69. The van der Waals surface area contributed by atoms with E-state index in [0.717, 1.165) is 25.8 Å². The van der Waals surface area contributed by atoms with Gasteiger partial charge in [-0.25, -0.2) is 4.79 Å². The summed E-state index contributed by atoms with van der Waals surface area (Å²) in [4.78, 5) is 15.4. The average molecular weight is 214 g/mol. The fourth-order valence-corrected chi connectivity index (χ4v) is 2.98. The van der Waals surface area contributed by atoms with Crippen LogP contribution in [0.3, 0.4) is 0 Å². The van der Waals surface area contributed by atoms with E-state index in [9.17, 15) is 9.90 Å². The summed E-state index contributed by atoms with van der Waals surface area (Å²) >= 11 is 0. The Bertz CT molecular complexity index is 243. The highest BCUT2D eigenvalue weighted by atomic mass is 16.4. The highest BCUT2D eigenvalue weighted by molar-refractivity contribution is 5.78. The second-order valence-electron chi connectivity index (χ2n) is 4.59. The fourth-order valence-electron chi connectivity index (χ4n) is 2.98. The van der Waals surface area contributed by atoms with Gasteiger partial charge in [-0.1, -0.05) is 6.92 Å². The van der Waals surface area contributed by atoms with Gasteiger partial charge in [-0.3, -0.25) is 9.80 Å². The van der Waals surface area contributed by atoms with E-state index in [-0.39, 0.29) is 5.92 Å². The van der Waals surface area contributed by atoms with Crippen LogP contribution < -0.4 is 0 Å². The first-order valence-electron chi connectivity index (χ1n) is 5.60. The summed E-state index contributed by atoms with van der Waals surface area (Å²) in [5.74, 6) is -0.509. The molecular weight excluding hydrogens is 192 g/mol. The maximum Gasteiger partial charge on any atom is 0.339 e. The number of hydrogen-bond acceptors (Lipinski definition) is 3. The Balaban J connectivity index is 3.12. The number of carbonyl (C=O) groups is 1. The molecule has 4 heteroatoms. The van der Waals surface area contributed by atoms with Crippen molar-refractivity contribution < 1.29 is 9.90 Å². The Labute approximate surface area is 91.9 Å². The quantitative estimate of drug-likeness (QED) is 0.763. The molecule has 1 rings (SSSR count). The molecule has 0 spiro atoms. The maximum atomic E-state index is 11.6. The van der Waals surface area contributed by atoms with Crippen LogP contribution in [-0.2, 0) is 4.79 Å². The van der Waals surface area contributed by atoms with Crippen molar-refractivity contribution in [1.29, 1.82) is 0 Å². The standard InChI is InChI=1S/C11H22N2O2/c1-5-9-7-6-8-13(4)11(9,10(14)15)12(2)3/h9H,5-8H2,1-4H3,(H,14,15). The first-order valence-corrected chi connectivity index (χ1v) is 5.60. The number of likely N-dealkylation sites (tertiary alicyclic amines) is 1. The summed E-state index contributed by atoms with van der Waals surface area (Å²) in [5, 5.41) is 9.55. The number of nitrogens with zero attached hydrogens (tertiary/aromatic N) is 2. The molecule has 0 aromatic carbocycles. The molecular formula is C11H22N2O2. The zero-order valence-corrected chi connectivity index (χ0v) is 10.2. The van der Waals surface area contributed by atoms with Gasteiger partial charge in [0.2, 0.25) is 0 Å². The number of carboxylic acid groups (broad SMARTS) is 1. The number of carboxylic acids is 1. The van der Waals surface area contributed by atoms with E-state index in [2.05, 4.69) is 6.92 Å². The van der Waals surface area contributed by atoms with Crippen LogP contribution in [0, 0.1) is 5.92 Å². The molecule has 88 valence electrons. The molecule has 0 aliphatic carbocycles. The Morgan fingerprint density at radius 3 is 2.53 bits per heavy atom. The van der Waals surface area contributed by atoms with Gasteiger partial charge in [0.1, 0.15) is 0 Å². The van der Waals surface area contributed by atoms with Gasteiger partial charge in [0, 0.05) is 12.5 Å². The van der Waals surface area contributed by atoms with Crippen molar-refractivity contribution in [2.45, 2.75) is 31.8 Å². The van der Waals surface area contributed by atoms with Crippen molar-refractivity contribution in [3.05, 3.63) is 0 Å². The van der Waals surface area contributed by atoms with E-state index in [1.54, 1.807) is 0 Å². The number of aliphatic carboxylic acids is 1. The molecule has 0 saturated carbocycles. The predicted octanol–water partition coefficient (Wildman–Crippen LogP) is 1.08. The van der Waals surface area contributed by atoms with Crippen LogP contribution in [0.1, 0.15) is 26.2 Å². The smallest absolute Gasteiger partial charge is 0.339 e. The lowest BCUT2D eigenvalue weighted by molar-refractivity contribution is -0.176. The van der Waals surface area contributed by atoms with Crippen LogP contribution in [0.4, 0.5) is 0 Å². The summed E-state index contributed by atoms with van der Waals surface area (Å²) in [7, 11) is 5.63. The van der Waals surface area contributed by atoms with Gasteiger partial charge in [0.05, 0.1) is 0 Å². The molecule has 0 aromatic rings. The fraction of sp³-hybridized carbons (Fsp3) is 0.909. The van der Waals surface area contributed by atoms with Gasteiger partial charge in [-0.05, 0) is 40.4 Å². The van der Waals surface area contributed by atoms with Gasteiger partial charge in [0.15, 0.2) is 5.66 Å². The molecule has 1 aliphatic heterocycles. The molecule has 0 radical (unpaired) electrons. The first kappa shape index (κ1) is 12.5. The Kier molecular flexibility index (Phi) is 3.73. The predicted molar refractivity (Wildman–Crippen MR) is 59.7 cm³/mol. The van der Waals surface area contributed by atoms with Crippen LogP contribution in [0.25, 0.3) is 0 Å². The van der Waals surface area contributed by atoms with E-state index in [4.69, 9.17) is 0 Å². The molecule has 2 unspecified atom stereocenters. The lowest BCUT2D eigenvalue weighted by atomic mass is 9.80. The number of piperidine rings is 1. The number of rotatable bonds is 3. The van der Waals surface area contributed by atoms with Crippen molar-refractivity contribution in [2.75, 3.05) is 27.7 Å². The summed E-state index contributed by atoms with van der Waals surface area (Å²) in [5.41, 5.74) is -0.812. The minimum atomic E-state index is -0.812. The van der Waals surface area contributed by atoms with E-state index in [0.29, 0.717) is 0 Å². The maximum absolute atomic E-state index is 11.6. The summed E-state index contributed by atoms with van der Waals surface area (Å²) in [6, 6.07) is 0. The topological polar surface area (TPSA) is 43.8 Å². The van der Waals surface area contributed by atoms with Crippen molar-refractivity contribution in [3.63, 3.8) is 0 Å². The van der Waals surface area contributed by atoms with Crippen LogP contribution in [0.5, 0.6) is 0 Å². The zero-order valence-electron chi connectivity index (χ0n) is 10.2. The highest BCUT2D eigenvalue weighted by Crippen LogP contribution is 2.36. The second-order valence-corrected chi connectivity index (χ2v) is 4.59. The Morgan fingerprint density at radius 2 is 2.20 bits per heavy atom. The average Bonchev–Trinajstić information content (AvgIpc) is 2.16. The summed E-state index contributed by atoms with van der Waals surface area (Å²) in [6.45, 7) is 2.94. The van der Waals surface area contributed by atoms with Crippen LogP contribution in [0.15, 0.2) is 0 Å². The third kappa shape index (κ3) is 1.76. The van der Waals surface area contributed by atoms with E-state index >= 15 is 0 Å². The monoisotopic (exact) mass is 214 g/mol. The van der Waals surface area contributed by atoms with Crippen LogP contribution in [-0.4, -0.2) is 54.2 Å². The third-order valence-electron chi connectivity index (χ3n) is 3.69. The number of likely N-dealkylation sites (N-methyl/N-ethyl adjacent to an activating group) is 2. The Morgan fingerprint density at radius 1 is 1.60 bits per heavy atom. The highest BCUT2D eigenvalue weighted by Gasteiger charge is 2.52. The molecule has 1 fully saturated rings. The minimum absolute atomic E-state index is 0.212. The molecule has 1 heterocycles. The molecule has 2 atom stereocenters. The van der Waals surface area contributed by atoms with Crippen molar-refractivity contribution >= 4 is 5.97 Å². The minimum Gasteiger partial charge on any atom is -0.479 e. The van der Waals surface area contributed by atoms with Gasteiger partial charge in [-0.2, -0.15) is 0 Å². The van der Waals surface area contributed by atoms with Gasteiger partial charge in [0.25, 0.3) is 0 Å². The van der Waals surface area contributed by atoms with Gasteiger partial charge < -0.3 is 5.11 Å². The summed E-state index contributed by atoms with van der Waals surface area (Å²) < 4.78 is 0. The number of hydrogen-bond donors (Lipinski definition) is 1. The zero-order chi connectivity index (χ0) is 11.6. The lowest BCUT2D eigenvalue weighted by Gasteiger charge is -2.51. The molecule has 0 bridgehead atoms. The van der Waals surface area contributed by atoms with Crippen molar-refractivity contribution in [1.82, 2.24) is 9.80 Å². The summed E-state index contributed by atoms with van der Waals surface area (Å²) in [6.07, 6.45) is 3.01. The van der Waals surface area contributed by atoms with Gasteiger partial charge >= 0.3 is 5.97 Å². The van der Waals surface area contributed by atoms with Crippen LogP contribution in [0.2, 0.25) is 0 Å². The van der Waals surface area contributed by atoms with Crippen molar-refractivity contribution in [2.24, 2.45) is 5.92 Å². The SMILES string of the molecule is CCC1CCCN(C)C1(C(=O)O)N(C)C. The second kappa shape index (κ2) is 4.49. The molecule has 0 aromatic heterocycles. The molecule has 1 aliphatic rings. The largest absolute Gasteiger partial charge is 0.479 e. The molecule has 1 N–H and O–H groups in total. The molecule has 15 heavy (non-hydrogen) atoms. The van der Waals surface area contributed by atoms with E-state index < -0.39 is 11.6 Å². The van der Waals surface area contributed by atoms with Crippen LogP contribution >= 0.6 is 0 Å². The molecule has 1 saturated heterocycles. The van der Waals surface area contributed by atoms with Crippen molar-refractivity contribution in [3.8, 4) is 0 Å².